The Balaban J connectivity index is 2.32. The SMILES string of the molecule is CCCCS(=O)(=O)NCC1CN(C)C(=O)O1. The number of amides is 1. The molecule has 0 aromatic heterocycles. The minimum Gasteiger partial charge on any atom is -0.443 e. The van der Waals surface area contributed by atoms with Crippen molar-refractivity contribution in [2.75, 3.05) is 25.9 Å². The number of unbranched alkanes of at least 4 members (excludes halogenated alkanes) is 1. The van der Waals surface area contributed by atoms with E-state index < -0.39 is 16.1 Å². The molecule has 16 heavy (non-hydrogen) atoms. The van der Waals surface area contributed by atoms with Crippen LogP contribution in [0.4, 0.5) is 4.79 Å². The van der Waals surface area contributed by atoms with E-state index in [1.165, 1.54) is 4.90 Å². The van der Waals surface area contributed by atoms with Gasteiger partial charge in [-0.2, -0.15) is 0 Å². The Kier molecular flexibility index (Phi) is 4.55. The molecule has 1 N–H and O–H groups in total. The monoisotopic (exact) mass is 250 g/mol. The molecule has 0 bridgehead atoms. The highest BCUT2D eigenvalue weighted by atomic mass is 32.2. The fourth-order valence-corrected chi connectivity index (χ4v) is 2.64. The first kappa shape index (κ1) is 13.2. The van der Waals surface area contributed by atoms with E-state index in [9.17, 15) is 13.2 Å². The van der Waals surface area contributed by atoms with Crippen LogP contribution in [-0.4, -0.2) is 51.4 Å². The van der Waals surface area contributed by atoms with Crippen LogP contribution < -0.4 is 4.72 Å². The first-order valence-corrected chi connectivity index (χ1v) is 6.99. The lowest BCUT2D eigenvalue weighted by Crippen LogP contribution is -2.35. The van der Waals surface area contributed by atoms with Crippen molar-refractivity contribution in [3.8, 4) is 0 Å². The predicted molar refractivity (Wildman–Crippen MR) is 59.6 cm³/mol. The van der Waals surface area contributed by atoms with Crippen LogP contribution in [0.2, 0.25) is 0 Å². The van der Waals surface area contributed by atoms with E-state index in [2.05, 4.69) is 4.72 Å². The Morgan fingerprint density at radius 3 is 2.75 bits per heavy atom. The number of carbonyl (C=O) groups excluding carboxylic acids is 1. The topological polar surface area (TPSA) is 75.7 Å². The van der Waals surface area contributed by atoms with Gasteiger partial charge in [0.15, 0.2) is 0 Å². The van der Waals surface area contributed by atoms with Crippen molar-refractivity contribution in [3.05, 3.63) is 0 Å². The molecule has 1 rings (SSSR count). The summed E-state index contributed by atoms with van der Waals surface area (Å²) >= 11 is 0. The number of sulfonamides is 1. The molecule has 0 aliphatic carbocycles. The van der Waals surface area contributed by atoms with Gasteiger partial charge in [-0.1, -0.05) is 13.3 Å². The largest absolute Gasteiger partial charge is 0.443 e. The molecule has 1 aliphatic heterocycles. The van der Waals surface area contributed by atoms with E-state index in [0.29, 0.717) is 13.0 Å². The van der Waals surface area contributed by atoms with Crippen molar-refractivity contribution in [1.82, 2.24) is 9.62 Å². The molecule has 1 aliphatic rings. The minimum absolute atomic E-state index is 0.125. The van der Waals surface area contributed by atoms with E-state index in [1.807, 2.05) is 6.92 Å². The summed E-state index contributed by atoms with van der Waals surface area (Å²) in [4.78, 5) is 12.4. The van der Waals surface area contributed by atoms with Gasteiger partial charge in [-0.3, -0.25) is 0 Å². The maximum Gasteiger partial charge on any atom is 0.410 e. The first-order valence-electron chi connectivity index (χ1n) is 5.33. The van der Waals surface area contributed by atoms with E-state index in [1.54, 1.807) is 7.05 Å². The molecule has 0 aromatic rings. The van der Waals surface area contributed by atoms with Gasteiger partial charge >= 0.3 is 6.09 Å². The second-order valence-corrected chi connectivity index (χ2v) is 5.83. The van der Waals surface area contributed by atoms with Crippen molar-refractivity contribution in [1.29, 1.82) is 0 Å². The Morgan fingerprint density at radius 1 is 1.56 bits per heavy atom. The predicted octanol–water partition coefficient (Wildman–Crippen LogP) is 0.156. The van der Waals surface area contributed by atoms with Gasteiger partial charge < -0.3 is 9.64 Å². The Bertz CT molecular complexity index is 341. The number of likely N-dealkylation sites (N-methyl/N-ethyl adjacent to an activating group) is 1. The lowest BCUT2D eigenvalue weighted by atomic mass is 10.4. The molecule has 0 radical (unpaired) electrons. The second kappa shape index (κ2) is 5.49. The molecule has 1 atom stereocenters. The Hall–Kier alpha value is -0.820. The molecule has 1 heterocycles. The molecule has 7 heteroatoms. The smallest absolute Gasteiger partial charge is 0.410 e. The summed E-state index contributed by atoms with van der Waals surface area (Å²) in [5, 5.41) is 0. The van der Waals surface area contributed by atoms with Gasteiger partial charge in [0.2, 0.25) is 10.0 Å². The normalized spacial score (nSPS) is 21.2. The van der Waals surface area contributed by atoms with Gasteiger partial charge in [0.1, 0.15) is 6.10 Å². The van der Waals surface area contributed by atoms with Crippen molar-refractivity contribution >= 4 is 16.1 Å². The maximum absolute atomic E-state index is 11.4. The Morgan fingerprint density at radius 2 is 2.25 bits per heavy atom. The van der Waals surface area contributed by atoms with Gasteiger partial charge in [0.05, 0.1) is 12.3 Å². The Labute approximate surface area is 96.0 Å². The molecule has 1 amide bonds. The molecule has 0 spiro atoms. The third kappa shape index (κ3) is 3.97. The lowest BCUT2D eigenvalue weighted by molar-refractivity contribution is 0.135. The molecular formula is C9H18N2O4S. The zero-order valence-corrected chi connectivity index (χ0v) is 10.4. The maximum atomic E-state index is 11.4. The third-order valence-electron chi connectivity index (χ3n) is 2.35. The molecule has 1 fully saturated rings. The van der Waals surface area contributed by atoms with Crippen molar-refractivity contribution in [2.45, 2.75) is 25.9 Å². The van der Waals surface area contributed by atoms with Crippen LogP contribution in [-0.2, 0) is 14.8 Å². The number of hydrogen-bond acceptors (Lipinski definition) is 4. The summed E-state index contributed by atoms with van der Waals surface area (Å²) in [5.41, 5.74) is 0. The summed E-state index contributed by atoms with van der Waals surface area (Å²) in [6.45, 7) is 2.51. The summed E-state index contributed by atoms with van der Waals surface area (Å²) < 4.78 is 30.3. The van der Waals surface area contributed by atoms with E-state index in [-0.39, 0.29) is 18.4 Å². The fourth-order valence-electron chi connectivity index (χ4n) is 1.38. The summed E-state index contributed by atoms with van der Waals surface area (Å²) in [5.74, 6) is 0.125. The van der Waals surface area contributed by atoms with E-state index >= 15 is 0 Å². The highest BCUT2D eigenvalue weighted by Crippen LogP contribution is 2.08. The van der Waals surface area contributed by atoms with Crippen molar-refractivity contribution in [3.63, 3.8) is 0 Å². The van der Waals surface area contributed by atoms with E-state index in [4.69, 9.17) is 4.74 Å². The quantitative estimate of drug-likeness (QED) is 0.728. The molecule has 1 unspecified atom stereocenters. The number of carbonyl (C=O) groups is 1. The van der Waals surface area contributed by atoms with Gasteiger partial charge in [0, 0.05) is 13.6 Å². The van der Waals surface area contributed by atoms with Crippen LogP contribution in [0, 0.1) is 0 Å². The molecule has 6 nitrogen and oxygen atoms in total. The molecule has 94 valence electrons. The number of nitrogens with one attached hydrogen (secondary N) is 1. The molecule has 0 aromatic carbocycles. The van der Waals surface area contributed by atoms with Crippen LogP contribution in [0.3, 0.4) is 0 Å². The standard InChI is InChI=1S/C9H18N2O4S/c1-3-4-5-16(13,14)10-6-8-7-11(2)9(12)15-8/h8,10H,3-7H2,1-2H3. The van der Waals surface area contributed by atoms with Gasteiger partial charge in [-0.15, -0.1) is 0 Å². The average molecular weight is 250 g/mol. The second-order valence-electron chi connectivity index (χ2n) is 3.91. The van der Waals surface area contributed by atoms with E-state index in [0.717, 1.165) is 6.42 Å². The highest BCUT2D eigenvalue weighted by Gasteiger charge is 2.28. The van der Waals surface area contributed by atoms with Crippen LogP contribution in [0.1, 0.15) is 19.8 Å². The number of nitrogens with zero attached hydrogens (tertiary/aromatic N) is 1. The summed E-state index contributed by atoms with van der Waals surface area (Å²) in [6.07, 6.45) is 0.688. The third-order valence-corrected chi connectivity index (χ3v) is 3.79. The summed E-state index contributed by atoms with van der Waals surface area (Å²) in [7, 11) is -1.61. The number of rotatable bonds is 6. The van der Waals surface area contributed by atoms with Crippen LogP contribution in [0.15, 0.2) is 0 Å². The molecule has 0 saturated carbocycles. The van der Waals surface area contributed by atoms with Crippen LogP contribution in [0.5, 0.6) is 0 Å². The summed E-state index contributed by atoms with van der Waals surface area (Å²) in [6, 6.07) is 0. The fraction of sp³-hybridized carbons (Fsp3) is 0.889. The molecular weight excluding hydrogens is 232 g/mol. The van der Waals surface area contributed by atoms with Crippen LogP contribution >= 0.6 is 0 Å². The van der Waals surface area contributed by atoms with Gasteiger partial charge in [0.25, 0.3) is 0 Å². The molecule has 1 saturated heterocycles. The highest BCUT2D eigenvalue weighted by molar-refractivity contribution is 7.89. The average Bonchev–Trinajstić information content (AvgIpc) is 2.53. The van der Waals surface area contributed by atoms with Crippen molar-refractivity contribution < 1.29 is 17.9 Å². The minimum atomic E-state index is -3.23. The van der Waals surface area contributed by atoms with Gasteiger partial charge in [-0.25, -0.2) is 17.9 Å². The number of hydrogen-bond donors (Lipinski definition) is 1. The van der Waals surface area contributed by atoms with Crippen LogP contribution in [0.25, 0.3) is 0 Å². The first-order chi connectivity index (χ1) is 7.44. The lowest BCUT2D eigenvalue weighted by Gasteiger charge is -2.09. The van der Waals surface area contributed by atoms with Crippen molar-refractivity contribution in [2.24, 2.45) is 0 Å². The zero-order chi connectivity index (χ0) is 12.2. The zero-order valence-electron chi connectivity index (χ0n) is 9.60. The van der Waals surface area contributed by atoms with Gasteiger partial charge in [-0.05, 0) is 6.42 Å². The number of cyclic esters (lactones) is 1. The number of ether oxygens (including phenoxy) is 1.